The first kappa shape index (κ1) is 50.0. The fourth-order valence-electron chi connectivity index (χ4n) is 5.79. The molecule has 3 unspecified atom stereocenters. The molecule has 0 bridgehead atoms. The van der Waals surface area contributed by atoms with Gasteiger partial charge in [0.1, 0.15) is 18.1 Å². The summed E-state index contributed by atoms with van der Waals surface area (Å²) in [6.07, 6.45) is 2.75. The molecule has 19 heteroatoms. The highest BCUT2D eigenvalue weighted by molar-refractivity contribution is 7.85. The number of primary amides is 1. The lowest BCUT2D eigenvalue weighted by Crippen LogP contribution is -2.55. The second-order valence-corrected chi connectivity index (χ2v) is 16.8. The number of carbonyl (C=O) groups is 7. The Morgan fingerprint density at radius 3 is 2.04 bits per heavy atom. The second kappa shape index (κ2) is 23.3. The summed E-state index contributed by atoms with van der Waals surface area (Å²) in [4.78, 5) is 87.3. The molecule has 0 aliphatic heterocycles. The third kappa shape index (κ3) is 19.6. The smallest absolute Gasteiger partial charge is 0.326 e. The third-order valence-corrected chi connectivity index (χ3v) is 9.79. The predicted octanol–water partition coefficient (Wildman–Crippen LogP) is 2.17. The van der Waals surface area contributed by atoms with Crippen LogP contribution < -0.4 is 32.3 Å². The van der Waals surface area contributed by atoms with Gasteiger partial charge < -0.3 is 48.4 Å². The molecule has 0 spiro atoms. The van der Waals surface area contributed by atoms with Gasteiger partial charge in [-0.1, -0.05) is 13.8 Å². The van der Waals surface area contributed by atoms with Crippen LogP contribution in [0.2, 0.25) is 0 Å². The standard InChI is InChI=1S/C38H59N6O12S/c1-7-10-24(2)18-21-40-26-14-12-25(13-15-26)32(47)41-20-9-8-11-27(31(39)46)42-30(45)17-16-29(34(49)50)43-33(48)28(19-22-57(54,55)56)44-35(51)37(3,4)23-38(5,6)36(52)53/h7,12-15,27-29,40H,1,8-11,16-23H2,2-6H3,(H2,39,46)(H,41,47)(H,42,45)(H,43,48)(H,44,51)(H,49,50)(H,52,53)(H,54,55,56)/q-1. The lowest BCUT2D eigenvalue weighted by atomic mass is 9.74. The summed E-state index contributed by atoms with van der Waals surface area (Å²) in [5.41, 5.74) is 4.07. The van der Waals surface area contributed by atoms with E-state index in [1.807, 2.05) is 18.2 Å². The highest BCUT2D eigenvalue weighted by atomic mass is 32.2. The van der Waals surface area contributed by atoms with Gasteiger partial charge in [-0.3, -0.25) is 33.3 Å². The Kier molecular flexibility index (Phi) is 20.4. The molecule has 0 saturated carbocycles. The maximum absolute atomic E-state index is 13.2. The van der Waals surface area contributed by atoms with Crippen LogP contribution >= 0.6 is 0 Å². The second-order valence-electron chi connectivity index (χ2n) is 15.3. The van der Waals surface area contributed by atoms with Crippen molar-refractivity contribution in [2.45, 2.75) is 111 Å². The summed E-state index contributed by atoms with van der Waals surface area (Å²) in [5.74, 6) is -6.27. The molecule has 1 aromatic rings. The van der Waals surface area contributed by atoms with E-state index in [4.69, 9.17) is 5.73 Å². The van der Waals surface area contributed by atoms with E-state index in [0.717, 1.165) is 25.1 Å². The van der Waals surface area contributed by atoms with Crippen LogP contribution in [0.1, 0.15) is 103 Å². The molecule has 0 aliphatic carbocycles. The molecule has 0 aromatic heterocycles. The number of benzene rings is 1. The van der Waals surface area contributed by atoms with Gasteiger partial charge in [0, 0.05) is 29.6 Å². The van der Waals surface area contributed by atoms with E-state index in [2.05, 4.69) is 40.1 Å². The fraction of sp³-hybridized carbons (Fsp3) is 0.579. The average molecular weight is 824 g/mol. The third-order valence-electron chi connectivity index (χ3n) is 9.04. The largest absolute Gasteiger partial charge is 0.481 e. The van der Waals surface area contributed by atoms with Crippen LogP contribution in [-0.2, 0) is 38.9 Å². The van der Waals surface area contributed by atoms with Crippen molar-refractivity contribution in [3.63, 3.8) is 0 Å². The monoisotopic (exact) mass is 823 g/mol. The van der Waals surface area contributed by atoms with E-state index >= 15 is 0 Å². The van der Waals surface area contributed by atoms with Crippen molar-refractivity contribution in [2.75, 3.05) is 24.2 Å². The Balaban J connectivity index is 2.72. The Labute approximate surface area is 334 Å². The number of hydrogen-bond donors (Lipinski definition) is 9. The molecule has 320 valence electrons. The number of nitrogens with two attached hydrogens (primary N) is 1. The molecule has 1 rings (SSSR count). The van der Waals surface area contributed by atoms with Gasteiger partial charge in [-0.2, -0.15) is 28.2 Å². The molecule has 0 saturated heterocycles. The summed E-state index contributed by atoms with van der Waals surface area (Å²) in [6.45, 7) is 12.4. The number of amides is 5. The molecular weight excluding hydrogens is 765 g/mol. The van der Waals surface area contributed by atoms with Gasteiger partial charge in [0.05, 0.1) is 11.2 Å². The molecule has 18 nitrogen and oxygen atoms in total. The van der Waals surface area contributed by atoms with Crippen molar-refractivity contribution in [3.05, 3.63) is 48.4 Å². The first-order chi connectivity index (χ1) is 26.4. The number of aliphatic carboxylic acids is 2. The lowest BCUT2D eigenvalue weighted by Gasteiger charge is -2.32. The quantitative estimate of drug-likeness (QED) is 0.0254. The van der Waals surface area contributed by atoms with Crippen molar-refractivity contribution in [3.8, 4) is 0 Å². The van der Waals surface area contributed by atoms with E-state index in [0.29, 0.717) is 18.4 Å². The maximum Gasteiger partial charge on any atom is 0.326 e. The van der Waals surface area contributed by atoms with Crippen molar-refractivity contribution in [1.29, 1.82) is 0 Å². The van der Waals surface area contributed by atoms with Gasteiger partial charge in [-0.15, -0.1) is 12.7 Å². The Hall–Kier alpha value is -5.04. The van der Waals surface area contributed by atoms with Crippen LogP contribution in [0.5, 0.6) is 0 Å². The van der Waals surface area contributed by atoms with Crippen LogP contribution in [0, 0.1) is 16.7 Å². The van der Waals surface area contributed by atoms with Crippen LogP contribution in [0.25, 0.3) is 0 Å². The number of carboxylic acids is 2. The molecule has 0 aliphatic rings. The van der Waals surface area contributed by atoms with Crippen LogP contribution in [0.3, 0.4) is 0 Å². The normalized spacial score (nSPS) is 13.4. The number of hydrogen-bond acceptors (Lipinski definition) is 10. The number of unbranched alkanes of at least 4 members (excludes halogenated alkanes) is 1. The molecule has 0 radical (unpaired) electrons. The number of allylic oxidation sites excluding steroid dienone is 1. The number of carbonyl (C=O) groups excluding carboxylic acids is 5. The minimum atomic E-state index is -4.62. The first-order valence-electron chi connectivity index (χ1n) is 18.5. The average Bonchev–Trinajstić information content (AvgIpc) is 3.10. The molecule has 10 N–H and O–H groups in total. The number of nitrogens with one attached hydrogen (secondary N) is 5. The molecule has 1 aromatic carbocycles. The zero-order valence-corrected chi connectivity index (χ0v) is 34.1. The Morgan fingerprint density at radius 1 is 0.860 bits per heavy atom. The summed E-state index contributed by atoms with van der Waals surface area (Å²) in [5, 5.41) is 32.3. The fourth-order valence-corrected chi connectivity index (χ4v) is 6.33. The topological polar surface area (TPSA) is 300 Å². The summed E-state index contributed by atoms with van der Waals surface area (Å²) >= 11 is 0. The highest BCUT2D eigenvalue weighted by Crippen LogP contribution is 2.34. The molecular formula is C38H59N6O12S-. The van der Waals surface area contributed by atoms with Crippen LogP contribution in [0.15, 0.2) is 36.9 Å². The minimum absolute atomic E-state index is 0.120. The van der Waals surface area contributed by atoms with Gasteiger partial charge in [0.2, 0.25) is 23.6 Å². The van der Waals surface area contributed by atoms with E-state index in [1.54, 1.807) is 12.1 Å². The van der Waals surface area contributed by atoms with Crippen LogP contribution in [-0.4, -0.2) is 102 Å². The van der Waals surface area contributed by atoms with Crippen molar-refractivity contribution >= 4 is 57.3 Å². The van der Waals surface area contributed by atoms with Crippen LogP contribution in [0.4, 0.5) is 5.69 Å². The van der Waals surface area contributed by atoms with Crippen molar-refractivity contribution in [1.82, 2.24) is 21.3 Å². The molecule has 0 heterocycles. The molecule has 5 amide bonds. The van der Waals surface area contributed by atoms with E-state index in [-0.39, 0.29) is 25.3 Å². The van der Waals surface area contributed by atoms with Gasteiger partial charge in [-0.05, 0) is 83.2 Å². The molecule has 3 atom stereocenters. The molecule has 57 heavy (non-hydrogen) atoms. The highest BCUT2D eigenvalue weighted by Gasteiger charge is 2.40. The van der Waals surface area contributed by atoms with Gasteiger partial charge in [-0.25, -0.2) is 4.79 Å². The predicted molar refractivity (Wildman–Crippen MR) is 212 cm³/mol. The molecule has 0 fully saturated rings. The van der Waals surface area contributed by atoms with Crippen molar-refractivity contribution < 1.29 is 56.7 Å². The van der Waals surface area contributed by atoms with Gasteiger partial charge >= 0.3 is 11.9 Å². The van der Waals surface area contributed by atoms with E-state index in [9.17, 15) is 56.7 Å². The number of carboxylic acid groups (broad SMARTS) is 2. The maximum atomic E-state index is 13.2. The van der Waals surface area contributed by atoms with E-state index < -0.39 is 99.7 Å². The Bertz CT molecular complexity index is 1680. The zero-order chi connectivity index (χ0) is 43.6. The summed E-state index contributed by atoms with van der Waals surface area (Å²) in [7, 11) is -4.62. The zero-order valence-electron chi connectivity index (χ0n) is 33.3. The number of rotatable bonds is 28. The van der Waals surface area contributed by atoms with Gasteiger partial charge in [0.25, 0.3) is 16.0 Å². The van der Waals surface area contributed by atoms with E-state index in [1.165, 1.54) is 33.6 Å². The minimum Gasteiger partial charge on any atom is -0.481 e. The lowest BCUT2D eigenvalue weighted by molar-refractivity contribution is -0.150. The number of anilines is 1. The SMILES string of the molecule is C=CC[C-](C)CCNc1ccc(C(=O)NCCCCC(NC(=O)CCC(NC(=O)C(CCS(=O)(=O)O)NC(=O)C(C)(C)CC(C)(C)C(=O)O)C(=O)O)C(N)=O)cc1. The first-order valence-corrected chi connectivity index (χ1v) is 20.1. The van der Waals surface area contributed by atoms with Gasteiger partial charge in [0.15, 0.2) is 0 Å². The Morgan fingerprint density at radius 2 is 1.49 bits per heavy atom. The summed E-state index contributed by atoms with van der Waals surface area (Å²) in [6, 6.07) is 2.54. The van der Waals surface area contributed by atoms with Crippen molar-refractivity contribution in [2.24, 2.45) is 16.6 Å². The summed E-state index contributed by atoms with van der Waals surface area (Å²) < 4.78 is 32.1.